The van der Waals surface area contributed by atoms with Crippen LogP contribution in [0, 0.1) is 5.92 Å². The fourth-order valence-electron chi connectivity index (χ4n) is 4.48. The molecule has 0 spiro atoms. The minimum Gasteiger partial charge on any atom is -0.368 e. The van der Waals surface area contributed by atoms with Gasteiger partial charge in [-0.3, -0.25) is 9.79 Å². The van der Waals surface area contributed by atoms with E-state index in [2.05, 4.69) is 20.1 Å². The lowest BCUT2D eigenvalue weighted by Crippen LogP contribution is -2.55. The summed E-state index contributed by atoms with van der Waals surface area (Å²) in [4.78, 5) is 23.8. The Balaban J connectivity index is 0.00000210. The molecule has 2 atom stereocenters. The monoisotopic (exact) mass is 491 g/mol. The Morgan fingerprint density at radius 2 is 1.81 bits per heavy atom. The summed E-state index contributed by atoms with van der Waals surface area (Å²) in [5.74, 6) is 1.89. The van der Waals surface area contributed by atoms with Gasteiger partial charge in [0.15, 0.2) is 5.96 Å². The van der Waals surface area contributed by atoms with E-state index in [1.807, 2.05) is 11.9 Å². The number of piperazine rings is 1. The third kappa shape index (κ3) is 5.26. The van der Waals surface area contributed by atoms with Gasteiger partial charge in [-0.15, -0.1) is 24.0 Å². The lowest BCUT2D eigenvalue weighted by Gasteiger charge is -2.37. The summed E-state index contributed by atoms with van der Waals surface area (Å²) in [6.07, 6.45) is 5.78. The molecule has 4 rings (SSSR count). The molecule has 0 aromatic heterocycles. The van der Waals surface area contributed by atoms with Gasteiger partial charge >= 0.3 is 0 Å². The second kappa shape index (κ2) is 9.73. The molecule has 0 aromatic rings. The van der Waals surface area contributed by atoms with Gasteiger partial charge in [0.2, 0.25) is 0 Å². The van der Waals surface area contributed by atoms with Crippen LogP contribution in [0.3, 0.4) is 0 Å². The van der Waals surface area contributed by atoms with E-state index in [4.69, 9.17) is 4.74 Å². The SMILES string of the molecule is CN=C(NCC1CCN(C2CC2)C1)N1CCN(C(=O)C2CCCO2)CC1.I. The molecular formula is C19H34IN5O2. The fraction of sp³-hybridized carbons (Fsp3) is 0.895. The fourth-order valence-corrected chi connectivity index (χ4v) is 4.48. The summed E-state index contributed by atoms with van der Waals surface area (Å²) in [7, 11) is 1.86. The highest BCUT2D eigenvalue weighted by atomic mass is 127. The lowest BCUT2D eigenvalue weighted by molar-refractivity contribution is -0.142. The van der Waals surface area contributed by atoms with Crippen LogP contribution in [0.2, 0.25) is 0 Å². The molecule has 1 amide bonds. The van der Waals surface area contributed by atoms with Gasteiger partial charge in [-0.1, -0.05) is 0 Å². The molecule has 154 valence electrons. The number of hydrogen-bond donors (Lipinski definition) is 1. The van der Waals surface area contributed by atoms with Gasteiger partial charge in [0.1, 0.15) is 6.10 Å². The van der Waals surface area contributed by atoms with Crippen molar-refractivity contribution in [3.63, 3.8) is 0 Å². The second-order valence-corrected chi connectivity index (χ2v) is 8.12. The van der Waals surface area contributed by atoms with Crippen molar-refractivity contribution in [1.82, 2.24) is 20.0 Å². The Bertz CT molecular complexity index is 528. The molecule has 3 saturated heterocycles. The van der Waals surface area contributed by atoms with Gasteiger partial charge in [0.05, 0.1) is 0 Å². The Kier molecular flexibility index (Phi) is 7.61. The first kappa shape index (κ1) is 21.1. The number of nitrogens with zero attached hydrogens (tertiary/aromatic N) is 4. The minimum atomic E-state index is -0.198. The maximum Gasteiger partial charge on any atom is 0.251 e. The van der Waals surface area contributed by atoms with Crippen LogP contribution in [0.15, 0.2) is 4.99 Å². The third-order valence-corrected chi connectivity index (χ3v) is 6.24. The summed E-state index contributed by atoms with van der Waals surface area (Å²) >= 11 is 0. The van der Waals surface area contributed by atoms with Gasteiger partial charge in [-0.25, -0.2) is 0 Å². The molecule has 1 aliphatic carbocycles. The number of rotatable bonds is 4. The average molecular weight is 491 g/mol. The molecule has 4 aliphatic rings. The predicted octanol–water partition coefficient (Wildman–Crippen LogP) is 0.987. The van der Waals surface area contributed by atoms with Crippen molar-refractivity contribution in [2.24, 2.45) is 10.9 Å². The second-order valence-electron chi connectivity index (χ2n) is 8.12. The first-order valence-corrected chi connectivity index (χ1v) is 10.3. The Morgan fingerprint density at radius 3 is 2.44 bits per heavy atom. The van der Waals surface area contributed by atoms with Crippen LogP contribution in [0.4, 0.5) is 0 Å². The van der Waals surface area contributed by atoms with Crippen LogP contribution in [0.25, 0.3) is 0 Å². The van der Waals surface area contributed by atoms with Crippen molar-refractivity contribution in [2.45, 2.75) is 44.2 Å². The van der Waals surface area contributed by atoms with Crippen molar-refractivity contribution < 1.29 is 9.53 Å². The molecule has 3 aliphatic heterocycles. The summed E-state index contributed by atoms with van der Waals surface area (Å²) in [6.45, 7) is 7.44. The third-order valence-electron chi connectivity index (χ3n) is 6.24. The average Bonchev–Trinajstić information content (AvgIpc) is 3.18. The first-order valence-electron chi connectivity index (χ1n) is 10.3. The van der Waals surface area contributed by atoms with Crippen molar-refractivity contribution >= 4 is 35.8 Å². The highest BCUT2D eigenvalue weighted by molar-refractivity contribution is 14.0. The molecule has 1 N–H and O–H groups in total. The van der Waals surface area contributed by atoms with Gasteiger partial charge in [0, 0.05) is 59.0 Å². The Morgan fingerprint density at radius 1 is 1.07 bits per heavy atom. The van der Waals surface area contributed by atoms with Crippen LogP contribution in [0.5, 0.6) is 0 Å². The van der Waals surface area contributed by atoms with E-state index in [9.17, 15) is 4.79 Å². The van der Waals surface area contributed by atoms with Crippen LogP contribution in [-0.2, 0) is 9.53 Å². The number of halogens is 1. The molecule has 1 saturated carbocycles. The number of likely N-dealkylation sites (tertiary alicyclic amines) is 1. The number of ether oxygens (including phenoxy) is 1. The normalized spacial score (nSPS) is 29.7. The number of guanidine groups is 1. The Labute approximate surface area is 179 Å². The first-order chi connectivity index (χ1) is 12.7. The summed E-state index contributed by atoms with van der Waals surface area (Å²) < 4.78 is 5.54. The summed E-state index contributed by atoms with van der Waals surface area (Å²) in [6, 6.07) is 0.883. The van der Waals surface area contributed by atoms with Gasteiger partial charge in [-0.2, -0.15) is 0 Å². The van der Waals surface area contributed by atoms with Gasteiger partial charge in [0.25, 0.3) is 5.91 Å². The van der Waals surface area contributed by atoms with E-state index in [-0.39, 0.29) is 36.0 Å². The molecule has 8 heteroatoms. The molecule has 0 aromatic carbocycles. The highest BCUT2D eigenvalue weighted by Crippen LogP contribution is 2.31. The maximum absolute atomic E-state index is 12.5. The minimum absolute atomic E-state index is 0. The largest absolute Gasteiger partial charge is 0.368 e. The zero-order chi connectivity index (χ0) is 17.9. The van der Waals surface area contributed by atoms with Gasteiger partial charge in [-0.05, 0) is 44.6 Å². The number of nitrogens with one attached hydrogen (secondary N) is 1. The zero-order valence-electron chi connectivity index (χ0n) is 16.4. The molecule has 0 bridgehead atoms. The zero-order valence-corrected chi connectivity index (χ0v) is 18.8. The highest BCUT2D eigenvalue weighted by Gasteiger charge is 2.35. The molecule has 4 fully saturated rings. The topological polar surface area (TPSA) is 60.4 Å². The van der Waals surface area contributed by atoms with Crippen molar-refractivity contribution in [1.29, 1.82) is 0 Å². The molecule has 0 radical (unpaired) electrons. The molecule has 7 nitrogen and oxygen atoms in total. The quantitative estimate of drug-likeness (QED) is 0.361. The van der Waals surface area contributed by atoms with Crippen LogP contribution in [0.1, 0.15) is 32.1 Å². The molecule has 27 heavy (non-hydrogen) atoms. The number of carbonyl (C=O) groups is 1. The summed E-state index contributed by atoms with van der Waals surface area (Å²) in [5.41, 5.74) is 0. The van der Waals surface area contributed by atoms with E-state index in [1.165, 1.54) is 32.4 Å². The molecule has 3 heterocycles. The van der Waals surface area contributed by atoms with E-state index in [0.29, 0.717) is 0 Å². The number of amides is 1. The standard InChI is InChI=1S/C19H33N5O2.HI/c1-20-19(21-13-15-6-7-24(14-15)16-4-5-16)23-10-8-22(9-11-23)18(25)17-3-2-12-26-17;/h15-17H,2-14H2,1H3,(H,20,21);1H. The number of aliphatic imine (C=N–C) groups is 1. The van der Waals surface area contributed by atoms with E-state index in [1.54, 1.807) is 0 Å². The number of carbonyl (C=O) groups excluding carboxylic acids is 1. The van der Waals surface area contributed by atoms with E-state index >= 15 is 0 Å². The van der Waals surface area contributed by atoms with E-state index < -0.39 is 0 Å². The molecule has 2 unspecified atom stereocenters. The number of hydrogen-bond acceptors (Lipinski definition) is 4. The lowest BCUT2D eigenvalue weighted by atomic mass is 10.1. The van der Waals surface area contributed by atoms with Crippen molar-refractivity contribution in [2.75, 3.05) is 59.5 Å². The summed E-state index contributed by atoms with van der Waals surface area (Å²) in [5, 5.41) is 3.58. The predicted molar refractivity (Wildman–Crippen MR) is 117 cm³/mol. The van der Waals surface area contributed by atoms with Crippen molar-refractivity contribution in [3.05, 3.63) is 0 Å². The van der Waals surface area contributed by atoms with Crippen LogP contribution < -0.4 is 5.32 Å². The Hall–Kier alpha value is -0.610. The van der Waals surface area contributed by atoms with Gasteiger partial charge < -0.3 is 24.8 Å². The van der Waals surface area contributed by atoms with Crippen LogP contribution in [-0.4, -0.2) is 98.2 Å². The maximum atomic E-state index is 12.5. The molecular weight excluding hydrogens is 457 g/mol. The van der Waals surface area contributed by atoms with Crippen LogP contribution >= 0.6 is 24.0 Å². The smallest absolute Gasteiger partial charge is 0.251 e. The van der Waals surface area contributed by atoms with Crippen molar-refractivity contribution in [3.8, 4) is 0 Å². The van der Waals surface area contributed by atoms with E-state index in [0.717, 1.165) is 70.1 Å².